The molecule has 4 aliphatic rings. The van der Waals surface area contributed by atoms with E-state index in [1.807, 2.05) is 27.7 Å². The quantitative estimate of drug-likeness (QED) is 0.0421. The maximum absolute atomic E-state index is 15.2. The Kier molecular flexibility index (Phi) is 33.1. The lowest BCUT2D eigenvalue weighted by atomic mass is 9.87. The van der Waals surface area contributed by atoms with Crippen LogP contribution in [0.5, 0.6) is 0 Å². The van der Waals surface area contributed by atoms with Crippen LogP contribution in [0.25, 0.3) is 0 Å². The van der Waals surface area contributed by atoms with Crippen molar-refractivity contribution in [1.29, 1.82) is 0 Å². The summed E-state index contributed by atoms with van der Waals surface area (Å²) in [5.41, 5.74) is 10.5. The number of nitrogens with one attached hydrogen (secondary N) is 10. The second kappa shape index (κ2) is 39.0. The summed E-state index contributed by atoms with van der Waals surface area (Å²) in [6, 6.07) is -15.6. The van der Waals surface area contributed by atoms with Gasteiger partial charge in [0.15, 0.2) is 5.96 Å². The van der Waals surface area contributed by atoms with Gasteiger partial charge in [0.25, 0.3) is 0 Å². The molecule has 2 bridgehead atoms. The first kappa shape index (κ1) is 82.4. The number of hydrogen-bond donors (Lipinski definition) is 14. The molecule has 548 valence electrons. The van der Waals surface area contributed by atoms with Gasteiger partial charge in [-0.2, -0.15) is 0 Å². The van der Waals surface area contributed by atoms with Crippen molar-refractivity contribution in [3.8, 4) is 0 Å². The molecule has 4 saturated heterocycles. The van der Waals surface area contributed by atoms with E-state index in [1.54, 1.807) is 48.5 Å². The number of guanidine groups is 1. The fraction of sp³-hybridized carbons (Fsp3) is 0.781. The lowest BCUT2D eigenvalue weighted by Crippen LogP contribution is -2.64. The van der Waals surface area contributed by atoms with Gasteiger partial charge in [0, 0.05) is 50.1 Å². The first-order chi connectivity index (χ1) is 45.6. The number of aliphatic imine (C=N–C) groups is 1. The Morgan fingerprint density at radius 1 is 0.588 bits per heavy atom. The van der Waals surface area contributed by atoms with E-state index in [1.165, 1.54) is 21.7 Å². The number of carbonyl (C=O) groups excluding carboxylic acids is 13. The smallest absolute Gasteiger partial charge is 0.246 e. The van der Waals surface area contributed by atoms with Crippen molar-refractivity contribution < 1.29 is 72.5 Å². The summed E-state index contributed by atoms with van der Waals surface area (Å²) in [5, 5.41) is 48.6. The van der Waals surface area contributed by atoms with Crippen LogP contribution in [-0.4, -0.2) is 238 Å². The van der Waals surface area contributed by atoms with Crippen LogP contribution in [0.4, 0.5) is 0 Å². The average molecular weight is 1410 g/mol. The summed E-state index contributed by atoms with van der Waals surface area (Å²) in [7, 11) is 3.37. The number of likely N-dealkylation sites (N-methyl/N-ethyl adjacent to an activating group) is 1. The molecule has 0 spiro atoms. The van der Waals surface area contributed by atoms with Crippen molar-refractivity contribution in [3.63, 3.8) is 0 Å². The van der Waals surface area contributed by atoms with Crippen LogP contribution in [0.3, 0.4) is 0 Å². The molecule has 0 unspecified atom stereocenters. The summed E-state index contributed by atoms with van der Waals surface area (Å²) in [6.07, 6.45) is 3.52. The summed E-state index contributed by atoms with van der Waals surface area (Å²) < 4.78 is -1.42. The van der Waals surface area contributed by atoms with Gasteiger partial charge in [0.2, 0.25) is 76.8 Å². The van der Waals surface area contributed by atoms with Crippen molar-refractivity contribution >= 4 is 104 Å². The van der Waals surface area contributed by atoms with Gasteiger partial charge in [-0.05, 0) is 94.8 Å². The number of rotatable bonds is 13. The standard InChI is InChI=1S/C64H110N16O15S2/c1-13-35(4)47-56(90)67-26-18-16-17-25-46(84)78(12)31-45(83)74-48(36(5)14-2)57(91)73-42-34-96-97-64(10,11)50(59(93)76-47)77-58(92)49(37(6)15-3)75-55(89)43-23-20-28-79(43)61(95)44-24-21-29-80(44)60(94)39(30-63(7,8)9)70-53(87)41(33-82)71-51(85)38(22-19-27-68-62(65)66)69-52(86)40(32-81)72-54(42)88/h35-44,47-50,81-82H,13-34H2,1-12H3,(H,67,90)(H,69,86)(H,70,87)(H,71,85)(H,72,88)(H,73,91)(H,74,83)(H,75,89)(H,76,93)(H,77,92)(H4,65,66,68)/t35-,36-,37-,38-,39-,40-,41-,42-,43-,44-,47-,48-,49-,50+/m0/s1. The highest BCUT2D eigenvalue weighted by Crippen LogP contribution is 2.39. The number of hydrogen-bond acceptors (Lipinski definition) is 18. The SMILES string of the molecule is CC[C@H](C)[C@@H]1NC(=O)CN(C)C(=O)CCCCCNC(=O)[C@H]([C@@H](C)CC)NC(=O)[C@H]2NC(=O)[C@H]([C@@H](C)CC)NC(=O)[C@@H]3CCCN3C(=O)[C@@H]3CCCN3C(=O)[C@H](CC(C)(C)C)NC(=O)[C@H](CO)NC(=O)[C@H](CCCN=C(N)N)NC(=O)[C@H](CO)NC(=O)[C@H](CSSC2(C)C)NC1=O. The number of amides is 13. The monoisotopic (exact) mass is 1410 g/mol. The van der Waals surface area contributed by atoms with E-state index in [0.29, 0.717) is 51.4 Å². The molecule has 0 aromatic heterocycles. The minimum absolute atomic E-state index is 0.0119. The van der Waals surface area contributed by atoms with E-state index < -0.39 is 185 Å². The van der Waals surface area contributed by atoms with Crippen molar-refractivity contribution in [2.24, 2.45) is 39.6 Å². The second-order valence-electron chi connectivity index (χ2n) is 27.7. The van der Waals surface area contributed by atoms with Gasteiger partial charge in [-0.15, -0.1) is 0 Å². The van der Waals surface area contributed by atoms with Gasteiger partial charge >= 0.3 is 0 Å². The van der Waals surface area contributed by atoms with Crippen LogP contribution in [0.2, 0.25) is 0 Å². The van der Waals surface area contributed by atoms with Gasteiger partial charge < -0.3 is 89.5 Å². The van der Waals surface area contributed by atoms with Gasteiger partial charge in [-0.3, -0.25) is 67.3 Å². The van der Waals surface area contributed by atoms with Crippen LogP contribution in [-0.2, 0) is 62.3 Å². The van der Waals surface area contributed by atoms with E-state index >= 15 is 9.59 Å². The fourth-order valence-electron chi connectivity index (χ4n) is 11.8. The zero-order valence-electron chi connectivity index (χ0n) is 58.6. The molecule has 0 saturated carbocycles. The highest BCUT2D eigenvalue weighted by Gasteiger charge is 2.47. The van der Waals surface area contributed by atoms with E-state index in [9.17, 15) is 63.0 Å². The van der Waals surface area contributed by atoms with Gasteiger partial charge in [0.1, 0.15) is 66.5 Å². The zero-order valence-corrected chi connectivity index (χ0v) is 60.2. The molecular formula is C64H110N16O15S2. The van der Waals surface area contributed by atoms with Crippen molar-refractivity contribution in [3.05, 3.63) is 0 Å². The molecule has 4 rings (SSSR count). The third-order valence-corrected chi connectivity index (χ3v) is 21.6. The van der Waals surface area contributed by atoms with Crippen LogP contribution >= 0.6 is 21.6 Å². The molecule has 4 fully saturated rings. The Morgan fingerprint density at radius 3 is 1.66 bits per heavy atom. The predicted octanol–water partition coefficient (Wildman–Crippen LogP) is -1.73. The van der Waals surface area contributed by atoms with E-state index in [4.69, 9.17) is 11.5 Å². The molecule has 13 amide bonds. The molecule has 0 aliphatic carbocycles. The third kappa shape index (κ3) is 24.7. The topological polar surface area (TPSA) is 457 Å². The Hall–Kier alpha value is -7.00. The number of nitrogens with zero attached hydrogens (tertiary/aromatic N) is 4. The lowest BCUT2D eigenvalue weighted by Gasteiger charge is -2.37. The molecule has 0 aromatic carbocycles. The molecule has 0 aromatic rings. The number of carbonyl (C=O) groups is 13. The number of fused-ring (bicyclic) bond motifs is 7. The fourth-order valence-corrected chi connectivity index (χ4v) is 14.6. The van der Waals surface area contributed by atoms with Crippen LogP contribution < -0.4 is 64.6 Å². The number of aliphatic hydroxyl groups excluding tert-OH is 2. The first-order valence-electron chi connectivity index (χ1n) is 34.1. The van der Waals surface area contributed by atoms with Gasteiger partial charge in [-0.25, -0.2) is 0 Å². The van der Waals surface area contributed by atoms with E-state index in [2.05, 4.69) is 58.2 Å². The predicted molar refractivity (Wildman–Crippen MR) is 367 cm³/mol. The Bertz CT molecular complexity index is 2810. The molecule has 33 heteroatoms. The minimum atomic E-state index is -1.86. The summed E-state index contributed by atoms with van der Waals surface area (Å²) in [6.45, 7) is 17.1. The Labute approximate surface area is 577 Å². The Balaban J connectivity index is 1.96. The van der Waals surface area contributed by atoms with Crippen molar-refractivity contribution in [2.45, 2.75) is 237 Å². The van der Waals surface area contributed by atoms with Gasteiger partial charge in [-0.1, -0.05) is 110 Å². The van der Waals surface area contributed by atoms with Crippen molar-refractivity contribution in [2.75, 3.05) is 58.7 Å². The van der Waals surface area contributed by atoms with Crippen LogP contribution in [0.15, 0.2) is 4.99 Å². The number of nitrogens with two attached hydrogens (primary N) is 2. The van der Waals surface area contributed by atoms with Gasteiger partial charge in [0.05, 0.1) is 19.8 Å². The average Bonchev–Trinajstić information content (AvgIpc) is 1.73. The van der Waals surface area contributed by atoms with Crippen LogP contribution in [0, 0.1) is 23.2 Å². The molecule has 31 nitrogen and oxygen atoms in total. The molecule has 0 radical (unpaired) electrons. The lowest BCUT2D eigenvalue weighted by molar-refractivity contribution is -0.148. The third-order valence-electron chi connectivity index (χ3n) is 18.3. The molecule has 4 heterocycles. The summed E-state index contributed by atoms with van der Waals surface area (Å²) >= 11 is 0. The number of aliphatic hydroxyl groups is 2. The largest absolute Gasteiger partial charge is 0.394 e. The molecule has 16 N–H and O–H groups in total. The van der Waals surface area contributed by atoms with Crippen molar-refractivity contribution in [1.82, 2.24) is 67.9 Å². The minimum Gasteiger partial charge on any atom is -0.394 e. The highest BCUT2D eigenvalue weighted by molar-refractivity contribution is 8.77. The molecule has 97 heavy (non-hydrogen) atoms. The molecule has 4 aliphatic heterocycles. The Morgan fingerprint density at radius 2 is 1.09 bits per heavy atom. The maximum atomic E-state index is 15.2. The maximum Gasteiger partial charge on any atom is 0.246 e. The van der Waals surface area contributed by atoms with E-state index in [-0.39, 0.29) is 82.3 Å². The van der Waals surface area contributed by atoms with Crippen LogP contribution in [0.1, 0.15) is 166 Å². The molecule has 14 atom stereocenters. The highest BCUT2D eigenvalue weighted by atomic mass is 33.1. The van der Waals surface area contributed by atoms with E-state index in [0.717, 1.165) is 21.6 Å². The normalized spacial score (nSPS) is 28.8. The first-order valence-corrected chi connectivity index (χ1v) is 36.4. The molecular weight excluding hydrogens is 1300 g/mol. The summed E-state index contributed by atoms with van der Waals surface area (Å²) in [4.78, 5) is 197. The zero-order chi connectivity index (χ0) is 72.6. The summed E-state index contributed by atoms with van der Waals surface area (Å²) in [5.74, 6) is -12.4. The second-order valence-corrected chi connectivity index (χ2v) is 30.7.